The van der Waals surface area contributed by atoms with Gasteiger partial charge in [0.15, 0.2) is 0 Å². The highest BCUT2D eigenvalue weighted by molar-refractivity contribution is 5.87. The van der Waals surface area contributed by atoms with Crippen molar-refractivity contribution in [2.45, 2.75) is 39.2 Å². The van der Waals surface area contributed by atoms with Crippen LogP contribution in [0.3, 0.4) is 0 Å². The summed E-state index contributed by atoms with van der Waals surface area (Å²) >= 11 is 0. The fraction of sp³-hybridized carbons (Fsp3) is 0.471. The number of rotatable bonds is 3. The van der Waals surface area contributed by atoms with E-state index < -0.39 is 0 Å². The van der Waals surface area contributed by atoms with E-state index in [0.29, 0.717) is 0 Å². The van der Waals surface area contributed by atoms with Crippen molar-refractivity contribution in [2.24, 2.45) is 5.92 Å². The first kappa shape index (κ1) is 14.0. The van der Waals surface area contributed by atoms with Gasteiger partial charge in [0.25, 0.3) is 0 Å². The highest BCUT2D eigenvalue weighted by Crippen LogP contribution is 2.36. The van der Waals surface area contributed by atoms with Gasteiger partial charge in [0.05, 0.1) is 13.2 Å². The minimum Gasteiger partial charge on any atom is -0.497 e. The maximum absolute atomic E-state index is 12.0. The number of hydrogen-bond donors (Lipinski definition) is 2. The number of methoxy groups -OCH3 is 1. The predicted octanol–water partition coefficient (Wildman–Crippen LogP) is 3.33. The van der Waals surface area contributed by atoms with Crippen LogP contribution in [-0.2, 0) is 11.2 Å². The van der Waals surface area contributed by atoms with Crippen LogP contribution in [0.5, 0.6) is 5.75 Å². The average molecular weight is 286 g/mol. The van der Waals surface area contributed by atoms with Gasteiger partial charge >= 0.3 is 0 Å². The van der Waals surface area contributed by atoms with Crippen LogP contribution in [0, 0.1) is 5.92 Å². The molecule has 21 heavy (non-hydrogen) atoms. The summed E-state index contributed by atoms with van der Waals surface area (Å²) in [6, 6.07) is 6.19. The molecule has 0 spiro atoms. The minimum absolute atomic E-state index is 0.0137. The van der Waals surface area contributed by atoms with E-state index in [9.17, 15) is 4.79 Å². The fourth-order valence-corrected chi connectivity index (χ4v) is 3.05. The molecule has 0 saturated heterocycles. The van der Waals surface area contributed by atoms with Crippen molar-refractivity contribution in [3.63, 3.8) is 0 Å². The molecule has 1 heterocycles. The molecule has 2 N–H and O–H groups in total. The average Bonchev–Trinajstić information content (AvgIpc) is 2.86. The van der Waals surface area contributed by atoms with Crippen molar-refractivity contribution in [3.8, 4) is 5.75 Å². The van der Waals surface area contributed by atoms with E-state index >= 15 is 0 Å². The van der Waals surface area contributed by atoms with Crippen molar-refractivity contribution in [1.29, 1.82) is 0 Å². The van der Waals surface area contributed by atoms with Crippen LogP contribution in [0.1, 0.15) is 44.0 Å². The quantitative estimate of drug-likeness (QED) is 0.909. The second kappa shape index (κ2) is 5.43. The highest BCUT2D eigenvalue weighted by atomic mass is 16.5. The molecule has 0 fully saturated rings. The number of carbonyl (C=O) groups is 1. The lowest BCUT2D eigenvalue weighted by Gasteiger charge is -2.24. The zero-order chi connectivity index (χ0) is 15.0. The van der Waals surface area contributed by atoms with E-state index in [1.165, 1.54) is 16.6 Å². The molecule has 1 aliphatic carbocycles. The highest BCUT2D eigenvalue weighted by Gasteiger charge is 2.26. The van der Waals surface area contributed by atoms with Crippen LogP contribution >= 0.6 is 0 Å². The zero-order valence-electron chi connectivity index (χ0n) is 12.8. The zero-order valence-corrected chi connectivity index (χ0v) is 12.8. The lowest BCUT2D eigenvalue weighted by molar-refractivity contribution is -0.124. The molecule has 0 unspecified atom stereocenters. The molecule has 1 aromatic carbocycles. The molecule has 0 aliphatic heterocycles. The van der Waals surface area contributed by atoms with Gasteiger partial charge in [0, 0.05) is 22.5 Å². The van der Waals surface area contributed by atoms with Gasteiger partial charge < -0.3 is 15.0 Å². The maximum atomic E-state index is 12.0. The third-order valence-electron chi connectivity index (χ3n) is 4.26. The maximum Gasteiger partial charge on any atom is 0.223 e. The first-order valence-corrected chi connectivity index (χ1v) is 7.59. The molecule has 112 valence electrons. The van der Waals surface area contributed by atoms with Gasteiger partial charge in [0.2, 0.25) is 5.91 Å². The summed E-state index contributed by atoms with van der Waals surface area (Å²) in [7, 11) is 1.69. The van der Waals surface area contributed by atoms with Gasteiger partial charge in [-0.3, -0.25) is 4.79 Å². The van der Waals surface area contributed by atoms with Crippen molar-refractivity contribution in [2.75, 3.05) is 7.11 Å². The van der Waals surface area contributed by atoms with E-state index in [2.05, 4.69) is 16.4 Å². The van der Waals surface area contributed by atoms with E-state index in [0.717, 1.165) is 30.5 Å². The van der Waals surface area contributed by atoms with Gasteiger partial charge in [-0.1, -0.05) is 13.8 Å². The van der Waals surface area contributed by atoms with Crippen LogP contribution in [-0.4, -0.2) is 18.0 Å². The van der Waals surface area contributed by atoms with Gasteiger partial charge in [-0.05, 0) is 43.0 Å². The molecule has 1 atom stereocenters. The number of aryl methyl sites for hydroxylation is 1. The van der Waals surface area contributed by atoms with Gasteiger partial charge in [-0.25, -0.2) is 0 Å². The van der Waals surface area contributed by atoms with Crippen LogP contribution in [0.25, 0.3) is 10.9 Å². The first-order chi connectivity index (χ1) is 10.1. The topological polar surface area (TPSA) is 54.1 Å². The Hall–Kier alpha value is -1.97. The van der Waals surface area contributed by atoms with Crippen LogP contribution < -0.4 is 10.1 Å². The summed E-state index contributed by atoms with van der Waals surface area (Å²) in [4.78, 5) is 15.5. The number of aromatic nitrogens is 1. The molecular weight excluding hydrogens is 264 g/mol. The number of benzene rings is 1. The lowest BCUT2D eigenvalue weighted by Crippen LogP contribution is -2.33. The number of fused-ring (bicyclic) bond motifs is 3. The molecule has 0 radical (unpaired) electrons. The Morgan fingerprint density at radius 3 is 2.95 bits per heavy atom. The Balaban J connectivity index is 2.00. The standard InChI is InChI=1S/C17H22N2O2/c1-10(2)17(20)19-15-6-4-5-12-13-9-11(21-3)7-8-14(13)18-16(12)15/h7-10,15,18H,4-6H2,1-3H3,(H,19,20)/t15-/m0/s1. The molecule has 3 rings (SSSR count). The summed E-state index contributed by atoms with van der Waals surface area (Å²) in [5.74, 6) is 1.00. The second-order valence-corrected chi connectivity index (χ2v) is 6.04. The predicted molar refractivity (Wildman–Crippen MR) is 83.5 cm³/mol. The molecule has 2 aromatic rings. The third kappa shape index (κ3) is 2.50. The Bertz CT molecular complexity index is 673. The van der Waals surface area contributed by atoms with Crippen LogP contribution in [0.2, 0.25) is 0 Å². The van der Waals surface area contributed by atoms with Crippen LogP contribution in [0.15, 0.2) is 18.2 Å². The number of aromatic amines is 1. The van der Waals surface area contributed by atoms with Gasteiger partial charge in [-0.2, -0.15) is 0 Å². The number of amides is 1. The number of nitrogens with one attached hydrogen (secondary N) is 2. The monoisotopic (exact) mass is 286 g/mol. The number of H-pyrrole nitrogens is 1. The van der Waals surface area contributed by atoms with E-state index in [1.807, 2.05) is 26.0 Å². The summed E-state index contributed by atoms with van der Waals surface area (Å²) in [5, 5.41) is 4.38. The SMILES string of the molecule is COc1ccc2[nH]c3c(c2c1)CCC[C@@H]3NC(=O)C(C)C. The number of hydrogen-bond acceptors (Lipinski definition) is 2. The lowest BCUT2D eigenvalue weighted by atomic mass is 9.91. The molecule has 4 nitrogen and oxygen atoms in total. The minimum atomic E-state index is 0.0137. The molecule has 0 saturated carbocycles. The summed E-state index contributed by atoms with van der Waals surface area (Å²) < 4.78 is 5.32. The molecular formula is C17H22N2O2. The Morgan fingerprint density at radius 2 is 2.24 bits per heavy atom. The molecule has 1 aromatic heterocycles. The molecule has 0 bridgehead atoms. The largest absolute Gasteiger partial charge is 0.497 e. The van der Waals surface area contributed by atoms with Crippen molar-refractivity contribution >= 4 is 16.8 Å². The summed E-state index contributed by atoms with van der Waals surface area (Å²) in [6.45, 7) is 3.85. The van der Waals surface area contributed by atoms with Crippen molar-refractivity contribution in [1.82, 2.24) is 10.3 Å². The fourth-order valence-electron chi connectivity index (χ4n) is 3.05. The van der Waals surface area contributed by atoms with Gasteiger partial charge in [-0.15, -0.1) is 0 Å². The van der Waals surface area contributed by atoms with Gasteiger partial charge in [0.1, 0.15) is 5.75 Å². The molecule has 4 heteroatoms. The molecule has 1 amide bonds. The van der Waals surface area contributed by atoms with E-state index in [4.69, 9.17) is 4.74 Å². The summed E-state index contributed by atoms with van der Waals surface area (Å²) in [5.41, 5.74) is 3.61. The van der Waals surface area contributed by atoms with Crippen molar-refractivity contribution < 1.29 is 9.53 Å². The smallest absolute Gasteiger partial charge is 0.223 e. The van der Waals surface area contributed by atoms with Crippen LogP contribution in [0.4, 0.5) is 0 Å². The Labute approximate surface area is 124 Å². The van der Waals surface area contributed by atoms with Crippen molar-refractivity contribution in [3.05, 3.63) is 29.5 Å². The first-order valence-electron chi connectivity index (χ1n) is 7.59. The number of ether oxygens (including phenoxy) is 1. The third-order valence-corrected chi connectivity index (χ3v) is 4.26. The Kier molecular flexibility index (Phi) is 3.62. The Morgan fingerprint density at radius 1 is 1.43 bits per heavy atom. The normalized spacial score (nSPS) is 17.8. The van der Waals surface area contributed by atoms with E-state index in [-0.39, 0.29) is 17.9 Å². The molecule has 1 aliphatic rings. The summed E-state index contributed by atoms with van der Waals surface area (Å²) in [6.07, 6.45) is 3.15. The van der Waals surface area contributed by atoms with E-state index in [1.54, 1.807) is 7.11 Å². The second-order valence-electron chi connectivity index (χ2n) is 6.04. The number of carbonyl (C=O) groups excluding carboxylic acids is 1.